The molecule has 0 fully saturated rings. The Kier molecular flexibility index (Phi) is 9.23. The Morgan fingerprint density at radius 2 is 1.89 bits per heavy atom. The fraction of sp³-hybridized carbons (Fsp3) is 0.438. The molecule has 0 saturated carbocycles. The molecule has 1 amide bonds. The second-order valence-corrected chi connectivity index (χ2v) is 7.46. The van der Waals surface area contributed by atoms with Crippen LogP contribution in [0.15, 0.2) is 35.3 Å². The van der Waals surface area contributed by atoms with Gasteiger partial charge in [-0.2, -0.15) is 0 Å². The molecule has 150 valence electrons. The third kappa shape index (κ3) is 9.56. The zero-order valence-electron chi connectivity index (χ0n) is 15.0. The number of sulfonamides is 1. The number of aliphatic carboxylic acids is 1. The Labute approximate surface area is 158 Å². The Morgan fingerprint density at radius 3 is 2.48 bits per heavy atom. The van der Waals surface area contributed by atoms with Crippen molar-refractivity contribution >= 4 is 27.9 Å². The van der Waals surface area contributed by atoms with Crippen LogP contribution in [0.1, 0.15) is 18.4 Å². The molecule has 1 unspecified atom stereocenters. The first-order chi connectivity index (χ1) is 12.7. The van der Waals surface area contributed by atoms with E-state index in [1.54, 1.807) is 30.3 Å². The average Bonchev–Trinajstić information content (AvgIpc) is 2.62. The quantitative estimate of drug-likeness (QED) is 0.181. The van der Waals surface area contributed by atoms with E-state index in [1.807, 2.05) is 0 Å². The Bertz CT molecular complexity index is 752. The number of guanidine groups is 1. The normalized spacial score (nSPS) is 13.0. The van der Waals surface area contributed by atoms with Crippen molar-refractivity contribution < 1.29 is 23.1 Å². The zero-order chi connectivity index (χ0) is 20.3. The first-order valence-corrected chi connectivity index (χ1v) is 9.88. The molecule has 0 saturated heterocycles. The molecule has 0 spiro atoms. The summed E-state index contributed by atoms with van der Waals surface area (Å²) < 4.78 is 27.1. The molecule has 27 heavy (non-hydrogen) atoms. The van der Waals surface area contributed by atoms with Crippen LogP contribution in [0.4, 0.5) is 0 Å². The first kappa shape index (κ1) is 22.4. The Balaban J connectivity index is 2.73. The number of nitrogens with two attached hydrogens (primary N) is 1. The van der Waals surface area contributed by atoms with Gasteiger partial charge >= 0.3 is 5.97 Å². The van der Waals surface area contributed by atoms with Crippen LogP contribution in [-0.2, 0) is 25.4 Å². The first-order valence-electron chi connectivity index (χ1n) is 8.23. The summed E-state index contributed by atoms with van der Waals surface area (Å²) in [5, 5.41) is 13.7. The monoisotopic (exact) mass is 399 g/mol. The van der Waals surface area contributed by atoms with E-state index in [0.717, 1.165) is 0 Å². The summed E-state index contributed by atoms with van der Waals surface area (Å²) >= 11 is 0. The lowest BCUT2D eigenvalue weighted by atomic mass is 10.1. The maximum atomic E-state index is 12.4. The SMILES string of the molecule is CN=C(N)NCCCC(NS(=O)(=O)Cc1ccccc1)C(=O)NCC(=O)O. The largest absolute Gasteiger partial charge is 0.480 e. The fourth-order valence-corrected chi connectivity index (χ4v) is 3.56. The van der Waals surface area contributed by atoms with E-state index in [2.05, 4.69) is 20.3 Å². The molecule has 6 N–H and O–H groups in total. The van der Waals surface area contributed by atoms with E-state index in [1.165, 1.54) is 7.05 Å². The van der Waals surface area contributed by atoms with Gasteiger partial charge in [0, 0.05) is 13.6 Å². The number of nitrogens with one attached hydrogen (secondary N) is 3. The number of rotatable bonds is 11. The van der Waals surface area contributed by atoms with Crippen molar-refractivity contribution in [2.24, 2.45) is 10.7 Å². The van der Waals surface area contributed by atoms with Gasteiger partial charge in [0.1, 0.15) is 12.6 Å². The molecule has 0 aliphatic rings. The molecule has 1 atom stereocenters. The molecule has 1 rings (SSSR count). The lowest BCUT2D eigenvalue weighted by Crippen LogP contribution is -2.48. The highest BCUT2D eigenvalue weighted by Gasteiger charge is 2.24. The predicted molar refractivity (Wildman–Crippen MR) is 101 cm³/mol. The Morgan fingerprint density at radius 1 is 1.22 bits per heavy atom. The van der Waals surface area contributed by atoms with Crippen LogP contribution < -0.4 is 21.1 Å². The number of nitrogens with zero attached hydrogens (tertiary/aromatic N) is 1. The van der Waals surface area contributed by atoms with Crippen LogP contribution >= 0.6 is 0 Å². The summed E-state index contributed by atoms with van der Waals surface area (Å²) in [7, 11) is -2.29. The number of hydrogen-bond donors (Lipinski definition) is 5. The molecule has 11 heteroatoms. The minimum absolute atomic E-state index is 0.156. The summed E-state index contributed by atoms with van der Waals surface area (Å²) in [6.45, 7) is -0.213. The molecule has 0 radical (unpaired) electrons. The second kappa shape index (κ2) is 11.1. The number of carboxylic acids is 1. The maximum Gasteiger partial charge on any atom is 0.322 e. The second-order valence-electron chi connectivity index (χ2n) is 5.70. The summed E-state index contributed by atoms with van der Waals surface area (Å²) in [5.74, 6) is -1.98. The molecule has 0 bridgehead atoms. The zero-order valence-corrected chi connectivity index (χ0v) is 15.8. The topological polar surface area (TPSA) is 163 Å². The summed E-state index contributed by atoms with van der Waals surface area (Å²) in [6.07, 6.45) is 0.568. The highest BCUT2D eigenvalue weighted by molar-refractivity contribution is 7.88. The van der Waals surface area contributed by atoms with Crippen molar-refractivity contribution in [1.82, 2.24) is 15.4 Å². The van der Waals surface area contributed by atoms with Crippen molar-refractivity contribution in [2.75, 3.05) is 20.1 Å². The van der Waals surface area contributed by atoms with E-state index in [4.69, 9.17) is 10.8 Å². The molecule has 0 aliphatic heterocycles. The van der Waals surface area contributed by atoms with E-state index in [9.17, 15) is 18.0 Å². The lowest BCUT2D eigenvalue weighted by Gasteiger charge is -2.18. The van der Waals surface area contributed by atoms with Gasteiger partial charge in [-0.1, -0.05) is 30.3 Å². The van der Waals surface area contributed by atoms with Crippen molar-refractivity contribution in [3.8, 4) is 0 Å². The lowest BCUT2D eigenvalue weighted by molar-refractivity contribution is -0.138. The van der Waals surface area contributed by atoms with Crippen molar-refractivity contribution in [3.05, 3.63) is 35.9 Å². The van der Waals surface area contributed by atoms with E-state index in [-0.39, 0.29) is 18.1 Å². The van der Waals surface area contributed by atoms with Gasteiger partial charge in [0.25, 0.3) is 0 Å². The highest BCUT2D eigenvalue weighted by atomic mass is 32.2. The van der Waals surface area contributed by atoms with Crippen molar-refractivity contribution in [2.45, 2.75) is 24.6 Å². The number of carbonyl (C=O) groups is 2. The molecule has 0 aliphatic carbocycles. The van der Waals surface area contributed by atoms with E-state index in [0.29, 0.717) is 18.5 Å². The van der Waals surface area contributed by atoms with Crippen LogP contribution in [0.25, 0.3) is 0 Å². The van der Waals surface area contributed by atoms with Gasteiger partial charge in [-0.05, 0) is 18.4 Å². The van der Waals surface area contributed by atoms with Crippen LogP contribution in [0, 0.1) is 0 Å². The Hall–Kier alpha value is -2.66. The number of aliphatic imine (C=N–C) groups is 1. The number of carboxylic acid groups (broad SMARTS) is 1. The van der Waals surface area contributed by atoms with Crippen LogP contribution in [0.5, 0.6) is 0 Å². The molecule has 0 heterocycles. The summed E-state index contributed by atoms with van der Waals surface area (Å²) in [6, 6.07) is 7.43. The van der Waals surface area contributed by atoms with Crippen LogP contribution in [0.2, 0.25) is 0 Å². The number of amides is 1. The van der Waals surface area contributed by atoms with Gasteiger partial charge in [0.2, 0.25) is 15.9 Å². The molecule has 10 nitrogen and oxygen atoms in total. The van der Waals surface area contributed by atoms with Gasteiger partial charge in [0.15, 0.2) is 5.96 Å². The molecule has 0 aromatic heterocycles. The van der Waals surface area contributed by atoms with Gasteiger partial charge in [0.05, 0.1) is 5.75 Å². The maximum absolute atomic E-state index is 12.4. The number of hydrogen-bond acceptors (Lipinski definition) is 5. The van der Waals surface area contributed by atoms with Crippen molar-refractivity contribution in [3.63, 3.8) is 0 Å². The number of carbonyl (C=O) groups excluding carboxylic acids is 1. The van der Waals surface area contributed by atoms with Crippen LogP contribution in [-0.4, -0.2) is 57.5 Å². The molecule has 1 aromatic rings. The van der Waals surface area contributed by atoms with E-state index < -0.39 is 34.5 Å². The van der Waals surface area contributed by atoms with Crippen LogP contribution in [0.3, 0.4) is 0 Å². The standard InChI is InChI=1S/C16H25N5O5S/c1-18-16(17)19-9-5-8-13(15(24)20-10-14(22)23)21-27(25,26)11-12-6-3-2-4-7-12/h2-4,6-7,13,21H,5,8-11H2,1H3,(H,20,24)(H,22,23)(H3,17,18,19). The average molecular weight is 399 g/mol. The molecular formula is C16H25N5O5S. The molecule has 1 aromatic carbocycles. The minimum atomic E-state index is -3.80. The van der Waals surface area contributed by atoms with Gasteiger partial charge in [-0.3, -0.25) is 14.6 Å². The van der Waals surface area contributed by atoms with Gasteiger partial charge in [-0.15, -0.1) is 0 Å². The number of benzene rings is 1. The third-order valence-corrected chi connectivity index (χ3v) is 4.83. The predicted octanol–water partition coefficient (Wildman–Crippen LogP) is -1.01. The highest BCUT2D eigenvalue weighted by Crippen LogP contribution is 2.07. The van der Waals surface area contributed by atoms with Gasteiger partial charge in [-0.25, -0.2) is 13.1 Å². The fourth-order valence-electron chi connectivity index (χ4n) is 2.18. The summed E-state index contributed by atoms with van der Waals surface area (Å²) in [5.41, 5.74) is 6.07. The smallest absolute Gasteiger partial charge is 0.322 e. The third-order valence-electron chi connectivity index (χ3n) is 3.47. The summed E-state index contributed by atoms with van der Waals surface area (Å²) in [4.78, 5) is 26.5. The molecular weight excluding hydrogens is 374 g/mol. The van der Waals surface area contributed by atoms with Gasteiger partial charge < -0.3 is 21.5 Å². The minimum Gasteiger partial charge on any atom is -0.480 e. The van der Waals surface area contributed by atoms with Crippen molar-refractivity contribution in [1.29, 1.82) is 0 Å². The van der Waals surface area contributed by atoms with E-state index >= 15 is 0 Å².